The van der Waals surface area contributed by atoms with Crippen molar-refractivity contribution in [2.45, 2.75) is 25.1 Å². The number of benzene rings is 1. The smallest absolute Gasteiger partial charge is 0.344 e. The molecule has 0 spiro atoms. The van der Waals surface area contributed by atoms with Gasteiger partial charge in [0.05, 0.1) is 6.04 Å². The third-order valence-corrected chi connectivity index (χ3v) is 2.83. The number of carbonyl (C=O) groups is 1. The van der Waals surface area contributed by atoms with Crippen LogP contribution in [-0.4, -0.2) is 18.0 Å². The van der Waals surface area contributed by atoms with Gasteiger partial charge in [-0.3, -0.25) is 4.79 Å². The van der Waals surface area contributed by atoms with Gasteiger partial charge >= 0.3 is 18.0 Å². The summed E-state index contributed by atoms with van der Waals surface area (Å²) in [6.45, 7) is 1.31. The molecule has 8 heteroatoms. The number of alkyl halides is 5. The molecule has 1 N–H and O–H groups in total. The van der Waals surface area contributed by atoms with E-state index in [1.165, 1.54) is 19.1 Å². The maximum absolute atomic E-state index is 12.7. The highest BCUT2D eigenvalue weighted by Gasteiger charge is 2.63. The Balaban J connectivity index is 2.83. The van der Waals surface area contributed by atoms with E-state index in [9.17, 15) is 26.7 Å². The Hall–Kier alpha value is -1.18. The first kappa shape index (κ1) is 15.9. The minimum Gasteiger partial charge on any atom is -0.344 e. The quantitative estimate of drug-likeness (QED) is 0.829. The van der Waals surface area contributed by atoms with Gasteiger partial charge in [-0.25, -0.2) is 0 Å². The first-order valence-corrected chi connectivity index (χ1v) is 5.86. The lowest BCUT2D eigenvalue weighted by Gasteiger charge is -2.21. The maximum atomic E-state index is 12.7. The van der Waals surface area contributed by atoms with Crippen molar-refractivity contribution in [2.24, 2.45) is 0 Å². The van der Waals surface area contributed by atoms with E-state index in [1.54, 1.807) is 17.4 Å². The summed E-state index contributed by atoms with van der Waals surface area (Å²) in [4.78, 5) is 11.0. The fourth-order valence-electron chi connectivity index (χ4n) is 1.28. The number of carbonyl (C=O) groups excluding carboxylic acids is 1. The van der Waals surface area contributed by atoms with E-state index in [1.807, 2.05) is 0 Å². The summed E-state index contributed by atoms with van der Waals surface area (Å²) in [6.07, 6.45) is -5.91. The van der Waals surface area contributed by atoms with Crippen molar-refractivity contribution in [1.29, 1.82) is 0 Å². The molecule has 2 nitrogen and oxygen atoms in total. The van der Waals surface area contributed by atoms with Gasteiger partial charge in [-0.15, -0.1) is 0 Å². The van der Waals surface area contributed by atoms with Crippen molar-refractivity contribution in [3.05, 3.63) is 34.3 Å². The lowest BCUT2D eigenvalue weighted by atomic mass is 10.1. The van der Waals surface area contributed by atoms with Crippen LogP contribution in [0.1, 0.15) is 18.5 Å². The van der Waals surface area contributed by atoms with Gasteiger partial charge in [-0.05, 0) is 24.6 Å². The molecule has 19 heavy (non-hydrogen) atoms. The Morgan fingerprint density at radius 1 is 1.26 bits per heavy atom. The lowest BCUT2D eigenvalue weighted by Crippen LogP contribution is -2.50. The monoisotopic (exact) mass is 345 g/mol. The van der Waals surface area contributed by atoms with E-state index in [4.69, 9.17) is 0 Å². The van der Waals surface area contributed by atoms with Crippen LogP contribution >= 0.6 is 15.9 Å². The van der Waals surface area contributed by atoms with Crippen molar-refractivity contribution in [3.63, 3.8) is 0 Å². The fraction of sp³-hybridized carbons (Fsp3) is 0.364. The van der Waals surface area contributed by atoms with Gasteiger partial charge in [-0.2, -0.15) is 22.0 Å². The fourth-order valence-corrected chi connectivity index (χ4v) is 1.69. The first-order chi connectivity index (χ1) is 8.55. The molecule has 0 heterocycles. The van der Waals surface area contributed by atoms with Gasteiger partial charge in [0.25, 0.3) is 0 Å². The zero-order valence-corrected chi connectivity index (χ0v) is 11.1. The summed E-state index contributed by atoms with van der Waals surface area (Å²) < 4.78 is 62.0. The van der Waals surface area contributed by atoms with Crippen molar-refractivity contribution >= 4 is 21.8 Å². The zero-order chi connectivity index (χ0) is 14.8. The number of hydrogen-bond donors (Lipinski definition) is 1. The largest absolute Gasteiger partial charge is 0.463 e. The molecule has 0 fully saturated rings. The predicted octanol–water partition coefficient (Wildman–Crippen LogP) is 3.82. The van der Waals surface area contributed by atoms with Crippen molar-refractivity contribution < 1.29 is 26.7 Å². The van der Waals surface area contributed by atoms with Crippen LogP contribution in [0.2, 0.25) is 0 Å². The molecule has 1 amide bonds. The molecule has 106 valence electrons. The topological polar surface area (TPSA) is 29.1 Å². The minimum atomic E-state index is -5.91. The molecule has 0 aliphatic heterocycles. The summed E-state index contributed by atoms with van der Waals surface area (Å²) >= 11 is 3.13. The molecule has 0 unspecified atom stereocenters. The van der Waals surface area contributed by atoms with E-state index >= 15 is 0 Å². The first-order valence-electron chi connectivity index (χ1n) is 5.06. The number of hydrogen-bond acceptors (Lipinski definition) is 1. The summed E-state index contributed by atoms with van der Waals surface area (Å²) in [6, 6.07) is 5.27. The average molecular weight is 346 g/mol. The highest BCUT2D eigenvalue weighted by atomic mass is 79.9. The Kier molecular flexibility index (Phi) is 4.54. The van der Waals surface area contributed by atoms with Crippen LogP contribution in [0.15, 0.2) is 28.7 Å². The third kappa shape index (κ3) is 3.65. The molecule has 1 rings (SSSR count). The second-order valence-corrected chi connectivity index (χ2v) is 4.74. The number of halogens is 6. The van der Waals surface area contributed by atoms with Crippen LogP contribution in [0.3, 0.4) is 0 Å². The second kappa shape index (κ2) is 5.44. The van der Waals surface area contributed by atoms with Gasteiger partial charge in [0.1, 0.15) is 0 Å². The summed E-state index contributed by atoms with van der Waals surface area (Å²) in [7, 11) is 0. The SMILES string of the molecule is C[C@@H](NC(=O)C(F)(F)C(F)(F)F)c1cccc(Br)c1. The maximum Gasteiger partial charge on any atom is 0.463 e. The highest BCUT2D eigenvalue weighted by molar-refractivity contribution is 9.10. The van der Waals surface area contributed by atoms with Gasteiger partial charge in [0, 0.05) is 4.47 Å². The van der Waals surface area contributed by atoms with Gasteiger partial charge in [-0.1, -0.05) is 28.1 Å². The molecule has 0 bridgehead atoms. The van der Waals surface area contributed by atoms with Crippen LogP contribution in [0.4, 0.5) is 22.0 Å². The molecule has 1 aromatic carbocycles. The van der Waals surface area contributed by atoms with Crippen LogP contribution in [0, 0.1) is 0 Å². The molecular weight excluding hydrogens is 337 g/mol. The Bertz CT molecular complexity index is 474. The van der Waals surface area contributed by atoms with Gasteiger partial charge in [0.2, 0.25) is 0 Å². The van der Waals surface area contributed by atoms with Crippen molar-refractivity contribution in [3.8, 4) is 0 Å². The minimum absolute atomic E-state index is 0.403. The Labute approximate surface area is 114 Å². The van der Waals surface area contributed by atoms with Crippen LogP contribution in [0.25, 0.3) is 0 Å². The lowest BCUT2D eigenvalue weighted by molar-refractivity contribution is -0.270. The molecular formula is C11H9BrF5NO. The second-order valence-electron chi connectivity index (χ2n) is 3.82. The molecule has 0 aliphatic rings. The van der Waals surface area contributed by atoms with Gasteiger partial charge < -0.3 is 5.32 Å². The van der Waals surface area contributed by atoms with Crippen molar-refractivity contribution in [1.82, 2.24) is 5.32 Å². The molecule has 1 aromatic rings. The molecule has 1 atom stereocenters. The highest BCUT2D eigenvalue weighted by Crippen LogP contribution is 2.36. The number of rotatable bonds is 3. The predicted molar refractivity (Wildman–Crippen MR) is 61.7 cm³/mol. The van der Waals surface area contributed by atoms with Crippen molar-refractivity contribution in [2.75, 3.05) is 0 Å². The summed E-state index contributed by atoms with van der Waals surface area (Å²) in [5, 5.41) is 1.64. The van der Waals surface area contributed by atoms with E-state index in [-0.39, 0.29) is 0 Å². The van der Waals surface area contributed by atoms with Crippen LogP contribution in [-0.2, 0) is 4.79 Å². The standard InChI is InChI=1S/C11H9BrF5NO/c1-6(7-3-2-4-8(12)5-7)18-9(19)10(13,14)11(15,16)17/h2-6H,1H3,(H,18,19)/t6-/m1/s1. The average Bonchev–Trinajstić information content (AvgIpc) is 2.27. The molecule has 0 saturated carbocycles. The third-order valence-electron chi connectivity index (χ3n) is 2.34. The normalized spacial score (nSPS) is 14.1. The molecule has 0 saturated heterocycles. The summed E-state index contributed by atoms with van der Waals surface area (Å²) in [5.74, 6) is -7.78. The van der Waals surface area contributed by atoms with Crippen LogP contribution in [0.5, 0.6) is 0 Å². The van der Waals surface area contributed by atoms with E-state index in [0.29, 0.717) is 10.0 Å². The Morgan fingerprint density at radius 3 is 2.32 bits per heavy atom. The number of nitrogens with one attached hydrogen (secondary N) is 1. The summed E-state index contributed by atoms with van der Waals surface area (Å²) in [5.41, 5.74) is 0.403. The van der Waals surface area contributed by atoms with E-state index in [0.717, 1.165) is 0 Å². The molecule has 0 radical (unpaired) electrons. The van der Waals surface area contributed by atoms with E-state index in [2.05, 4.69) is 15.9 Å². The van der Waals surface area contributed by atoms with Gasteiger partial charge in [0.15, 0.2) is 0 Å². The zero-order valence-electron chi connectivity index (χ0n) is 9.56. The van der Waals surface area contributed by atoms with Crippen LogP contribution < -0.4 is 5.32 Å². The Morgan fingerprint density at radius 2 is 1.84 bits per heavy atom. The van der Waals surface area contributed by atoms with E-state index < -0.39 is 24.0 Å². The molecule has 0 aromatic heterocycles. The number of amides is 1. The molecule has 0 aliphatic carbocycles.